The van der Waals surface area contributed by atoms with Gasteiger partial charge in [0.25, 0.3) is 0 Å². The Kier molecular flexibility index (Phi) is 5.81. The van der Waals surface area contributed by atoms with Crippen LogP contribution in [0.15, 0.2) is 60.7 Å². The maximum atomic E-state index is 12.6. The third kappa shape index (κ3) is 4.77. The Hall–Kier alpha value is -2.85. The molecule has 1 saturated heterocycles. The molecular weight excluding hydrogens is 358 g/mol. The maximum Gasteiger partial charge on any atom is 0.238 e. The van der Waals surface area contributed by atoms with Gasteiger partial charge in [-0.25, -0.2) is 0 Å². The number of anilines is 2. The summed E-state index contributed by atoms with van der Waals surface area (Å²) >= 11 is 0. The molecule has 1 heterocycles. The number of rotatable bonds is 6. The second-order valence-corrected chi connectivity index (χ2v) is 8.10. The number of benzene rings is 3. The molecule has 29 heavy (non-hydrogen) atoms. The van der Waals surface area contributed by atoms with Crippen LogP contribution in [0.4, 0.5) is 11.4 Å². The minimum absolute atomic E-state index is 0.0188. The highest BCUT2D eigenvalue weighted by molar-refractivity contribution is 5.93. The van der Waals surface area contributed by atoms with Crippen LogP contribution in [0.3, 0.4) is 0 Å². The van der Waals surface area contributed by atoms with Gasteiger partial charge < -0.3 is 10.2 Å². The number of carbonyl (C=O) groups excluding carboxylic acids is 1. The van der Waals surface area contributed by atoms with Crippen molar-refractivity contribution in [1.82, 2.24) is 4.90 Å². The van der Waals surface area contributed by atoms with Crippen LogP contribution in [-0.2, 0) is 11.3 Å². The van der Waals surface area contributed by atoms with Crippen molar-refractivity contribution >= 4 is 28.1 Å². The van der Waals surface area contributed by atoms with Gasteiger partial charge in [0.15, 0.2) is 0 Å². The fraction of sp³-hybridized carbons (Fsp3) is 0.320. The van der Waals surface area contributed by atoms with Crippen molar-refractivity contribution in [1.29, 1.82) is 0 Å². The zero-order valence-corrected chi connectivity index (χ0v) is 17.3. The zero-order valence-electron chi connectivity index (χ0n) is 17.3. The predicted molar refractivity (Wildman–Crippen MR) is 122 cm³/mol. The Bertz CT molecular complexity index is 1010. The van der Waals surface area contributed by atoms with Gasteiger partial charge in [-0.1, -0.05) is 36.4 Å². The van der Waals surface area contributed by atoms with Gasteiger partial charge in [-0.05, 0) is 73.0 Å². The molecule has 4 nitrogen and oxygen atoms in total. The largest absolute Gasteiger partial charge is 0.372 e. The molecule has 1 N–H and O–H groups in total. The number of likely N-dealkylation sites (N-methyl/N-ethyl adjacent to an activating group) is 1. The number of hydrogen-bond acceptors (Lipinski definition) is 3. The van der Waals surface area contributed by atoms with Crippen molar-refractivity contribution < 1.29 is 4.79 Å². The average Bonchev–Trinajstić information content (AvgIpc) is 3.24. The van der Waals surface area contributed by atoms with E-state index in [2.05, 4.69) is 71.7 Å². The Morgan fingerprint density at radius 2 is 1.76 bits per heavy atom. The van der Waals surface area contributed by atoms with E-state index in [0.717, 1.165) is 30.9 Å². The summed E-state index contributed by atoms with van der Waals surface area (Å²) in [5, 5.41) is 5.55. The standard InChI is InChI=1S/C25H29N3O/c1-19-15-23(28-13-5-6-14-28)11-12-24(19)26-25(29)18-27(2)17-20-9-10-21-7-3-4-8-22(21)16-20/h3-4,7-12,15-16H,5-6,13-14,17-18H2,1-2H3,(H,26,29). The molecule has 1 amide bonds. The molecule has 1 aliphatic rings. The fourth-order valence-corrected chi connectivity index (χ4v) is 4.10. The summed E-state index contributed by atoms with van der Waals surface area (Å²) in [4.78, 5) is 17.0. The van der Waals surface area contributed by atoms with Gasteiger partial charge in [-0.3, -0.25) is 9.69 Å². The van der Waals surface area contributed by atoms with Crippen LogP contribution in [0.2, 0.25) is 0 Å². The summed E-state index contributed by atoms with van der Waals surface area (Å²) in [6.07, 6.45) is 2.53. The topological polar surface area (TPSA) is 35.6 Å². The first-order chi connectivity index (χ1) is 14.1. The lowest BCUT2D eigenvalue weighted by molar-refractivity contribution is -0.117. The van der Waals surface area contributed by atoms with Crippen LogP contribution in [0.1, 0.15) is 24.0 Å². The molecule has 150 valence electrons. The molecule has 3 aromatic carbocycles. The van der Waals surface area contributed by atoms with Crippen LogP contribution < -0.4 is 10.2 Å². The van der Waals surface area contributed by atoms with Crippen molar-refractivity contribution in [3.05, 3.63) is 71.8 Å². The number of amides is 1. The van der Waals surface area contributed by atoms with Gasteiger partial charge >= 0.3 is 0 Å². The predicted octanol–water partition coefficient (Wildman–Crippen LogP) is 4.82. The van der Waals surface area contributed by atoms with Gasteiger partial charge in [0, 0.05) is 31.0 Å². The molecule has 4 rings (SSSR count). The van der Waals surface area contributed by atoms with Crippen LogP contribution in [-0.4, -0.2) is 37.5 Å². The van der Waals surface area contributed by atoms with Crippen molar-refractivity contribution in [2.45, 2.75) is 26.3 Å². The first kappa shape index (κ1) is 19.5. The number of hydrogen-bond donors (Lipinski definition) is 1. The molecule has 0 aromatic heterocycles. The number of nitrogens with zero attached hydrogens (tertiary/aromatic N) is 2. The monoisotopic (exact) mass is 387 g/mol. The summed E-state index contributed by atoms with van der Waals surface area (Å²) in [7, 11) is 1.98. The molecule has 0 saturated carbocycles. The maximum absolute atomic E-state index is 12.6. The van der Waals surface area contributed by atoms with Gasteiger partial charge in [-0.2, -0.15) is 0 Å². The summed E-state index contributed by atoms with van der Waals surface area (Å²) in [5.74, 6) is 0.0188. The highest BCUT2D eigenvalue weighted by atomic mass is 16.2. The molecule has 1 aliphatic heterocycles. The third-order valence-corrected chi connectivity index (χ3v) is 5.64. The highest BCUT2D eigenvalue weighted by Crippen LogP contribution is 2.25. The number of carbonyl (C=O) groups is 1. The summed E-state index contributed by atoms with van der Waals surface area (Å²) < 4.78 is 0. The first-order valence-corrected chi connectivity index (χ1v) is 10.4. The molecule has 0 radical (unpaired) electrons. The Morgan fingerprint density at radius 3 is 2.52 bits per heavy atom. The SMILES string of the molecule is Cc1cc(N2CCCC2)ccc1NC(=O)CN(C)Cc1ccc2ccccc2c1. The normalized spacial score (nSPS) is 14.0. The molecule has 0 unspecified atom stereocenters. The molecule has 0 aliphatic carbocycles. The zero-order chi connectivity index (χ0) is 20.2. The van der Waals surface area contributed by atoms with E-state index < -0.39 is 0 Å². The summed E-state index contributed by atoms with van der Waals surface area (Å²) in [6, 6.07) is 21.2. The molecular formula is C25H29N3O. The van der Waals surface area contributed by atoms with Crippen molar-refractivity contribution in [3.63, 3.8) is 0 Å². The van der Waals surface area contributed by atoms with Gasteiger partial charge in [0.1, 0.15) is 0 Å². The van der Waals surface area contributed by atoms with Crippen molar-refractivity contribution in [3.8, 4) is 0 Å². The van der Waals surface area contributed by atoms with Gasteiger partial charge in [-0.15, -0.1) is 0 Å². The van der Waals surface area contributed by atoms with E-state index >= 15 is 0 Å². The first-order valence-electron chi connectivity index (χ1n) is 10.4. The molecule has 4 heteroatoms. The van der Waals surface area contributed by atoms with E-state index in [9.17, 15) is 4.79 Å². The second-order valence-electron chi connectivity index (χ2n) is 8.10. The lowest BCUT2D eigenvalue weighted by Gasteiger charge is -2.20. The summed E-state index contributed by atoms with van der Waals surface area (Å²) in [5.41, 5.74) is 4.48. The lowest BCUT2D eigenvalue weighted by atomic mass is 10.1. The minimum atomic E-state index is 0.0188. The lowest BCUT2D eigenvalue weighted by Crippen LogP contribution is -2.30. The van der Waals surface area contributed by atoms with E-state index in [1.54, 1.807) is 0 Å². The number of aryl methyl sites for hydroxylation is 1. The van der Waals surface area contributed by atoms with Gasteiger partial charge in [0.05, 0.1) is 6.54 Å². The highest BCUT2D eigenvalue weighted by Gasteiger charge is 2.14. The molecule has 1 fully saturated rings. The van der Waals surface area contributed by atoms with Crippen LogP contribution in [0.5, 0.6) is 0 Å². The van der Waals surface area contributed by atoms with E-state index in [1.807, 2.05) is 18.0 Å². The van der Waals surface area contributed by atoms with Crippen molar-refractivity contribution in [2.24, 2.45) is 0 Å². The Labute approximate surface area is 173 Å². The van der Waals surface area contributed by atoms with Crippen LogP contribution in [0, 0.1) is 6.92 Å². The second kappa shape index (κ2) is 8.66. The van der Waals surface area contributed by atoms with Crippen LogP contribution >= 0.6 is 0 Å². The van der Waals surface area contributed by atoms with Gasteiger partial charge in [0.2, 0.25) is 5.91 Å². The third-order valence-electron chi connectivity index (χ3n) is 5.64. The summed E-state index contributed by atoms with van der Waals surface area (Å²) in [6.45, 7) is 5.43. The van der Waals surface area contributed by atoms with E-state index in [-0.39, 0.29) is 5.91 Å². The Balaban J connectivity index is 1.34. The number of fused-ring (bicyclic) bond motifs is 1. The van der Waals surface area contributed by atoms with E-state index in [1.165, 1.54) is 34.9 Å². The average molecular weight is 388 g/mol. The quantitative estimate of drug-likeness (QED) is 0.659. The van der Waals surface area contributed by atoms with Crippen molar-refractivity contribution in [2.75, 3.05) is 36.9 Å². The minimum Gasteiger partial charge on any atom is -0.372 e. The molecule has 0 atom stereocenters. The smallest absolute Gasteiger partial charge is 0.238 e. The van der Waals surface area contributed by atoms with E-state index in [0.29, 0.717) is 6.54 Å². The Morgan fingerprint density at radius 1 is 1.00 bits per heavy atom. The van der Waals surface area contributed by atoms with E-state index in [4.69, 9.17) is 0 Å². The molecule has 3 aromatic rings. The molecule has 0 spiro atoms. The number of nitrogens with one attached hydrogen (secondary N) is 1. The fourth-order valence-electron chi connectivity index (χ4n) is 4.10. The molecule has 0 bridgehead atoms. The van der Waals surface area contributed by atoms with Crippen LogP contribution in [0.25, 0.3) is 10.8 Å².